The molecule has 0 amide bonds. The minimum atomic E-state index is -2.89. The average Bonchev–Trinajstić information content (AvgIpc) is 2.36. The number of nitrogens with zero attached hydrogens (tertiary/aromatic N) is 1. The zero-order valence-electron chi connectivity index (χ0n) is 10.9. The second-order valence-corrected chi connectivity index (χ2v) is 6.47. The van der Waals surface area contributed by atoms with Crippen LogP contribution in [0.15, 0.2) is 24.3 Å². The maximum absolute atomic E-state index is 11.0. The van der Waals surface area contributed by atoms with Crippen LogP contribution in [0.4, 0.5) is 0 Å². The monoisotopic (exact) mass is 282 g/mol. The Morgan fingerprint density at radius 1 is 1.37 bits per heavy atom. The molecule has 0 aliphatic heterocycles. The topological polar surface area (TPSA) is 79.2 Å². The van der Waals surface area contributed by atoms with E-state index in [-0.39, 0.29) is 12.4 Å². The van der Waals surface area contributed by atoms with Crippen LogP contribution in [0.5, 0.6) is 5.75 Å². The number of para-hydroxylation sites is 1. The molecule has 0 atom stereocenters. The highest BCUT2D eigenvalue weighted by Gasteiger charge is 2.03. The first-order valence-electron chi connectivity index (χ1n) is 5.99. The number of benzene rings is 1. The standard InChI is InChI=1S/C13H18N2O3S/c1-19(16,17)10-4-8-15-11-12-5-2-3-6-13(12)18-9-7-14/h2-3,5-6,15H,4,8-11H2,1H3. The Morgan fingerprint density at radius 3 is 2.79 bits per heavy atom. The second kappa shape index (κ2) is 7.77. The number of rotatable bonds is 8. The summed E-state index contributed by atoms with van der Waals surface area (Å²) in [4.78, 5) is 0. The van der Waals surface area contributed by atoms with Crippen LogP contribution >= 0.6 is 0 Å². The Hall–Kier alpha value is -1.58. The number of nitriles is 1. The molecule has 5 nitrogen and oxygen atoms in total. The first kappa shape index (κ1) is 15.5. The van der Waals surface area contributed by atoms with Crippen LogP contribution in [0.2, 0.25) is 0 Å². The van der Waals surface area contributed by atoms with E-state index in [2.05, 4.69) is 5.32 Å². The normalized spacial score (nSPS) is 10.9. The van der Waals surface area contributed by atoms with E-state index in [0.29, 0.717) is 25.3 Å². The van der Waals surface area contributed by atoms with Crippen molar-refractivity contribution in [1.29, 1.82) is 5.26 Å². The quantitative estimate of drug-likeness (QED) is 0.723. The molecule has 0 unspecified atom stereocenters. The van der Waals surface area contributed by atoms with Crippen LogP contribution in [0, 0.1) is 11.3 Å². The summed E-state index contributed by atoms with van der Waals surface area (Å²) in [5.74, 6) is 0.867. The third kappa shape index (κ3) is 6.79. The number of hydrogen-bond donors (Lipinski definition) is 1. The largest absolute Gasteiger partial charge is 0.478 e. The van der Waals surface area contributed by atoms with Gasteiger partial charge >= 0.3 is 0 Å². The predicted octanol–water partition coefficient (Wildman–Crippen LogP) is 1.11. The molecule has 0 bridgehead atoms. The zero-order valence-corrected chi connectivity index (χ0v) is 11.7. The lowest BCUT2D eigenvalue weighted by molar-refractivity contribution is 0.362. The third-order valence-corrected chi connectivity index (χ3v) is 3.48. The van der Waals surface area contributed by atoms with Crippen molar-refractivity contribution in [2.45, 2.75) is 13.0 Å². The SMILES string of the molecule is CS(=O)(=O)CCCNCc1ccccc1OCC#N. The molecule has 1 N–H and O–H groups in total. The summed E-state index contributed by atoms with van der Waals surface area (Å²) in [7, 11) is -2.89. The van der Waals surface area contributed by atoms with Gasteiger partial charge in [0, 0.05) is 18.4 Å². The Bertz CT molecular complexity index is 535. The molecule has 1 aromatic rings. The first-order valence-corrected chi connectivity index (χ1v) is 8.05. The van der Waals surface area contributed by atoms with E-state index in [1.54, 1.807) is 0 Å². The van der Waals surface area contributed by atoms with E-state index in [1.165, 1.54) is 6.26 Å². The van der Waals surface area contributed by atoms with Crippen molar-refractivity contribution in [3.8, 4) is 11.8 Å². The van der Waals surface area contributed by atoms with Crippen molar-refractivity contribution in [3.05, 3.63) is 29.8 Å². The van der Waals surface area contributed by atoms with Gasteiger partial charge < -0.3 is 10.1 Å². The predicted molar refractivity (Wildman–Crippen MR) is 73.6 cm³/mol. The van der Waals surface area contributed by atoms with Gasteiger partial charge in [-0.1, -0.05) is 18.2 Å². The van der Waals surface area contributed by atoms with Gasteiger partial charge in [-0.3, -0.25) is 0 Å². The van der Waals surface area contributed by atoms with Crippen LogP contribution < -0.4 is 10.1 Å². The van der Waals surface area contributed by atoms with Gasteiger partial charge in [0.1, 0.15) is 21.7 Å². The molecule has 0 saturated carbocycles. The fourth-order valence-corrected chi connectivity index (χ4v) is 2.25. The Morgan fingerprint density at radius 2 is 2.11 bits per heavy atom. The maximum Gasteiger partial charge on any atom is 0.174 e. The zero-order chi connectivity index (χ0) is 14.1. The summed E-state index contributed by atoms with van der Waals surface area (Å²) >= 11 is 0. The highest BCUT2D eigenvalue weighted by atomic mass is 32.2. The van der Waals surface area contributed by atoms with Gasteiger partial charge in [0.05, 0.1) is 5.75 Å². The molecule has 0 aromatic heterocycles. The average molecular weight is 282 g/mol. The molecule has 0 aliphatic rings. The highest BCUT2D eigenvalue weighted by Crippen LogP contribution is 2.17. The van der Waals surface area contributed by atoms with Gasteiger partial charge in [-0.25, -0.2) is 8.42 Å². The molecule has 0 heterocycles. The summed E-state index contributed by atoms with van der Waals surface area (Å²) in [5.41, 5.74) is 0.956. The smallest absolute Gasteiger partial charge is 0.174 e. The minimum Gasteiger partial charge on any atom is -0.478 e. The summed E-state index contributed by atoms with van der Waals surface area (Å²) in [5, 5.41) is 11.7. The summed E-state index contributed by atoms with van der Waals surface area (Å²) < 4.78 is 27.2. The van der Waals surface area contributed by atoms with Gasteiger partial charge in [-0.2, -0.15) is 5.26 Å². The molecule has 1 aromatic carbocycles. The molecular weight excluding hydrogens is 264 g/mol. The Labute approximate surface area is 114 Å². The number of sulfone groups is 1. The molecule has 6 heteroatoms. The van der Waals surface area contributed by atoms with Crippen molar-refractivity contribution in [2.75, 3.05) is 25.2 Å². The third-order valence-electron chi connectivity index (χ3n) is 2.45. The van der Waals surface area contributed by atoms with Crippen molar-refractivity contribution >= 4 is 9.84 Å². The highest BCUT2D eigenvalue weighted by molar-refractivity contribution is 7.90. The van der Waals surface area contributed by atoms with Gasteiger partial charge in [0.15, 0.2) is 6.61 Å². The lowest BCUT2D eigenvalue weighted by Crippen LogP contribution is -2.18. The maximum atomic E-state index is 11.0. The van der Waals surface area contributed by atoms with Gasteiger partial charge in [0.25, 0.3) is 0 Å². The van der Waals surface area contributed by atoms with Crippen LogP contribution in [-0.4, -0.2) is 33.6 Å². The number of ether oxygens (including phenoxy) is 1. The number of nitrogens with one attached hydrogen (secondary N) is 1. The molecule has 1 rings (SSSR count). The summed E-state index contributed by atoms with van der Waals surface area (Å²) in [6.07, 6.45) is 1.82. The van der Waals surface area contributed by atoms with Crippen molar-refractivity contribution < 1.29 is 13.2 Å². The molecule has 0 radical (unpaired) electrons. The lowest BCUT2D eigenvalue weighted by atomic mass is 10.2. The van der Waals surface area contributed by atoms with Crippen LogP contribution in [0.1, 0.15) is 12.0 Å². The first-order chi connectivity index (χ1) is 9.03. The van der Waals surface area contributed by atoms with Crippen LogP contribution in [-0.2, 0) is 16.4 Å². The fourth-order valence-electron chi connectivity index (χ4n) is 1.58. The molecule has 0 spiro atoms. The summed E-state index contributed by atoms with van der Waals surface area (Å²) in [6.45, 7) is 1.23. The van der Waals surface area contributed by atoms with Crippen molar-refractivity contribution in [2.24, 2.45) is 0 Å². The van der Waals surface area contributed by atoms with E-state index in [1.807, 2.05) is 30.3 Å². The fraction of sp³-hybridized carbons (Fsp3) is 0.462. The molecule has 104 valence electrons. The molecule has 19 heavy (non-hydrogen) atoms. The molecule has 0 aliphatic carbocycles. The van der Waals surface area contributed by atoms with Crippen molar-refractivity contribution in [1.82, 2.24) is 5.32 Å². The van der Waals surface area contributed by atoms with E-state index in [9.17, 15) is 8.42 Å². The van der Waals surface area contributed by atoms with Gasteiger partial charge in [0.2, 0.25) is 0 Å². The Kier molecular flexibility index (Phi) is 6.33. The van der Waals surface area contributed by atoms with Crippen LogP contribution in [0.3, 0.4) is 0 Å². The van der Waals surface area contributed by atoms with Crippen molar-refractivity contribution in [3.63, 3.8) is 0 Å². The van der Waals surface area contributed by atoms with E-state index in [0.717, 1.165) is 5.56 Å². The van der Waals surface area contributed by atoms with Gasteiger partial charge in [-0.05, 0) is 19.0 Å². The van der Waals surface area contributed by atoms with Crippen LogP contribution in [0.25, 0.3) is 0 Å². The minimum absolute atomic E-state index is 0.0189. The summed E-state index contributed by atoms with van der Waals surface area (Å²) in [6, 6.07) is 9.39. The van der Waals surface area contributed by atoms with E-state index in [4.69, 9.17) is 10.00 Å². The number of hydrogen-bond acceptors (Lipinski definition) is 5. The molecular formula is C13H18N2O3S. The second-order valence-electron chi connectivity index (χ2n) is 4.21. The Balaban J connectivity index is 2.38. The molecule has 0 saturated heterocycles. The van der Waals surface area contributed by atoms with E-state index < -0.39 is 9.84 Å². The lowest BCUT2D eigenvalue weighted by Gasteiger charge is -2.10. The van der Waals surface area contributed by atoms with E-state index >= 15 is 0 Å². The van der Waals surface area contributed by atoms with Gasteiger partial charge in [-0.15, -0.1) is 0 Å². The molecule has 0 fully saturated rings.